The van der Waals surface area contributed by atoms with Crippen LogP contribution in [0.25, 0.3) is 0 Å². The quantitative estimate of drug-likeness (QED) is 0.687. The van der Waals surface area contributed by atoms with Crippen LogP contribution in [0.15, 0.2) is 48.5 Å². The minimum Gasteiger partial charge on any atom is -0.478 e. The van der Waals surface area contributed by atoms with Crippen LogP contribution < -0.4 is 9.64 Å². The standard InChI is InChI=1S/C21H22F4N2O2/c1-2-18(29-19-9-4-3-8-17(19)22)20(28)27-12-10-26(11-13-27)16-7-5-6-15(14-16)21(23,24)25/h3-9,14,18H,2,10-13H2,1H3/t18-/m1/s1. The number of benzene rings is 2. The summed E-state index contributed by atoms with van der Waals surface area (Å²) in [5.74, 6) is -0.761. The first-order valence-corrected chi connectivity index (χ1v) is 9.41. The maximum absolute atomic E-state index is 13.8. The lowest BCUT2D eigenvalue weighted by Gasteiger charge is -2.37. The molecule has 0 bridgehead atoms. The van der Waals surface area contributed by atoms with Crippen molar-refractivity contribution in [1.29, 1.82) is 0 Å². The highest BCUT2D eigenvalue weighted by molar-refractivity contribution is 5.81. The summed E-state index contributed by atoms with van der Waals surface area (Å²) in [7, 11) is 0. The molecule has 0 radical (unpaired) electrons. The van der Waals surface area contributed by atoms with Gasteiger partial charge in [0.2, 0.25) is 0 Å². The maximum atomic E-state index is 13.8. The molecule has 4 nitrogen and oxygen atoms in total. The van der Waals surface area contributed by atoms with Crippen LogP contribution in [0.5, 0.6) is 5.75 Å². The van der Waals surface area contributed by atoms with Gasteiger partial charge in [0.15, 0.2) is 17.7 Å². The predicted octanol–water partition coefficient (Wildman–Crippen LogP) is 4.35. The molecule has 0 saturated carbocycles. The van der Waals surface area contributed by atoms with Crippen molar-refractivity contribution in [1.82, 2.24) is 4.90 Å². The summed E-state index contributed by atoms with van der Waals surface area (Å²) in [6, 6.07) is 11.1. The average molecular weight is 410 g/mol. The molecule has 8 heteroatoms. The van der Waals surface area contributed by atoms with Gasteiger partial charge in [-0.3, -0.25) is 4.79 Å². The fourth-order valence-corrected chi connectivity index (χ4v) is 3.27. The van der Waals surface area contributed by atoms with E-state index in [9.17, 15) is 22.4 Å². The summed E-state index contributed by atoms with van der Waals surface area (Å²) >= 11 is 0. The molecular weight excluding hydrogens is 388 g/mol. The predicted molar refractivity (Wildman–Crippen MR) is 101 cm³/mol. The molecule has 2 aromatic carbocycles. The lowest BCUT2D eigenvalue weighted by molar-refractivity contribution is -0.139. The van der Waals surface area contributed by atoms with Gasteiger partial charge in [0, 0.05) is 31.9 Å². The zero-order chi connectivity index (χ0) is 21.0. The number of halogens is 4. The van der Waals surface area contributed by atoms with Crippen molar-refractivity contribution < 1.29 is 27.1 Å². The highest BCUT2D eigenvalue weighted by Crippen LogP contribution is 2.32. The summed E-state index contributed by atoms with van der Waals surface area (Å²) in [5.41, 5.74) is -0.223. The third kappa shape index (κ3) is 4.99. The van der Waals surface area contributed by atoms with Gasteiger partial charge < -0.3 is 14.5 Å². The summed E-state index contributed by atoms with van der Waals surface area (Å²) < 4.78 is 58.2. The molecule has 1 aliphatic heterocycles. The molecule has 0 aromatic heterocycles. The second-order valence-electron chi connectivity index (χ2n) is 6.81. The number of rotatable bonds is 5. The number of hydrogen-bond donors (Lipinski definition) is 0. The summed E-state index contributed by atoms with van der Waals surface area (Å²) in [6.45, 7) is 3.30. The van der Waals surface area contributed by atoms with Crippen molar-refractivity contribution in [2.45, 2.75) is 25.6 Å². The number of para-hydroxylation sites is 1. The first kappa shape index (κ1) is 21.0. The Morgan fingerprint density at radius 3 is 2.38 bits per heavy atom. The van der Waals surface area contributed by atoms with Crippen LogP contribution in [0.2, 0.25) is 0 Å². The second kappa shape index (κ2) is 8.71. The average Bonchev–Trinajstić information content (AvgIpc) is 2.72. The van der Waals surface area contributed by atoms with Crippen LogP contribution in [-0.2, 0) is 11.0 Å². The van der Waals surface area contributed by atoms with Gasteiger partial charge in [-0.05, 0) is 36.8 Å². The zero-order valence-corrected chi connectivity index (χ0v) is 16.0. The number of hydrogen-bond acceptors (Lipinski definition) is 3. The third-order valence-corrected chi connectivity index (χ3v) is 4.88. The van der Waals surface area contributed by atoms with Crippen LogP contribution in [0.3, 0.4) is 0 Å². The van der Waals surface area contributed by atoms with Crippen molar-refractivity contribution in [3.05, 3.63) is 59.9 Å². The number of carbonyl (C=O) groups excluding carboxylic acids is 1. The molecular formula is C21H22F4N2O2. The van der Waals surface area contributed by atoms with Crippen molar-refractivity contribution >= 4 is 11.6 Å². The van der Waals surface area contributed by atoms with Crippen LogP contribution in [-0.4, -0.2) is 43.1 Å². The first-order valence-electron chi connectivity index (χ1n) is 9.41. The van der Waals surface area contributed by atoms with E-state index in [1.165, 1.54) is 24.3 Å². The van der Waals surface area contributed by atoms with Gasteiger partial charge in [-0.15, -0.1) is 0 Å². The van der Waals surface area contributed by atoms with Crippen LogP contribution in [0.4, 0.5) is 23.2 Å². The van der Waals surface area contributed by atoms with Gasteiger partial charge in [-0.2, -0.15) is 13.2 Å². The molecule has 1 fully saturated rings. The smallest absolute Gasteiger partial charge is 0.416 e. The van der Waals surface area contributed by atoms with Crippen LogP contribution in [0, 0.1) is 5.82 Å². The Bertz CT molecular complexity index is 849. The molecule has 3 rings (SSSR count). The van der Waals surface area contributed by atoms with E-state index in [-0.39, 0.29) is 11.7 Å². The minimum absolute atomic E-state index is 0.0234. The molecule has 2 aromatic rings. The van der Waals surface area contributed by atoms with E-state index in [0.717, 1.165) is 12.1 Å². The number of anilines is 1. The lowest BCUT2D eigenvalue weighted by atomic mass is 10.1. The van der Waals surface area contributed by atoms with Crippen molar-refractivity contribution in [3.63, 3.8) is 0 Å². The molecule has 0 N–H and O–H groups in total. The van der Waals surface area contributed by atoms with Crippen LogP contribution >= 0.6 is 0 Å². The van der Waals surface area contributed by atoms with E-state index in [1.54, 1.807) is 24.0 Å². The highest BCUT2D eigenvalue weighted by Gasteiger charge is 2.32. The molecule has 1 amide bonds. The van der Waals surface area contributed by atoms with E-state index in [1.807, 2.05) is 4.90 Å². The molecule has 0 aliphatic carbocycles. The largest absolute Gasteiger partial charge is 0.478 e. The Labute approximate surface area is 166 Å². The van der Waals surface area contributed by atoms with E-state index < -0.39 is 23.7 Å². The van der Waals surface area contributed by atoms with Crippen molar-refractivity contribution in [2.24, 2.45) is 0 Å². The van der Waals surface area contributed by atoms with Gasteiger partial charge in [-0.1, -0.05) is 25.1 Å². The van der Waals surface area contributed by atoms with E-state index in [2.05, 4.69) is 0 Å². The number of nitrogens with zero attached hydrogens (tertiary/aromatic N) is 2. The van der Waals surface area contributed by atoms with Crippen molar-refractivity contribution in [2.75, 3.05) is 31.1 Å². The summed E-state index contributed by atoms with van der Waals surface area (Å²) in [5, 5.41) is 0. The highest BCUT2D eigenvalue weighted by atomic mass is 19.4. The Hall–Kier alpha value is -2.77. The van der Waals surface area contributed by atoms with Crippen LogP contribution in [0.1, 0.15) is 18.9 Å². The number of amides is 1. The van der Waals surface area contributed by atoms with E-state index >= 15 is 0 Å². The van der Waals surface area contributed by atoms with E-state index in [0.29, 0.717) is 38.3 Å². The Balaban J connectivity index is 1.62. The molecule has 0 unspecified atom stereocenters. The molecule has 156 valence electrons. The molecule has 1 heterocycles. The fourth-order valence-electron chi connectivity index (χ4n) is 3.27. The summed E-state index contributed by atoms with van der Waals surface area (Å²) in [6.07, 6.45) is -4.83. The Morgan fingerprint density at radius 2 is 1.76 bits per heavy atom. The molecule has 1 saturated heterocycles. The van der Waals surface area contributed by atoms with Gasteiger partial charge in [0.25, 0.3) is 5.91 Å². The Kier molecular flexibility index (Phi) is 6.30. The number of ether oxygens (including phenoxy) is 1. The summed E-state index contributed by atoms with van der Waals surface area (Å²) in [4.78, 5) is 16.2. The Morgan fingerprint density at radius 1 is 1.07 bits per heavy atom. The topological polar surface area (TPSA) is 32.8 Å². The number of piperazine rings is 1. The van der Waals surface area contributed by atoms with Gasteiger partial charge >= 0.3 is 6.18 Å². The zero-order valence-electron chi connectivity index (χ0n) is 16.0. The maximum Gasteiger partial charge on any atom is 0.416 e. The van der Waals surface area contributed by atoms with Gasteiger partial charge in [0.05, 0.1) is 5.56 Å². The fraction of sp³-hybridized carbons (Fsp3) is 0.381. The lowest BCUT2D eigenvalue weighted by Crippen LogP contribution is -2.52. The monoisotopic (exact) mass is 410 g/mol. The number of alkyl halides is 3. The molecule has 29 heavy (non-hydrogen) atoms. The van der Waals surface area contributed by atoms with Crippen molar-refractivity contribution in [3.8, 4) is 5.75 Å². The SMILES string of the molecule is CC[C@@H](Oc1ccccc1F)C(=O)N1CCN(c2cccc(C(F)(F)F)c2)CC1. The third-order valence-electron chi connectivity index (χ3n) is 4.88. The normalized spacial score (nSPS) is 15.9. The molecule has 0 spiro atoms. The van der Waals surface area contributed by atoms with Gasteiger partial charge in [-0.25, -0.2) is 4.39 Å². The first-order chi connectivity index (χ1) is 13.8. The van der Waals surface area contributed by atoms with E-state index in [4.69, 9.17) is 4.74 Å². The molecule has 1 aliphatic rings. The second-order valence-corrected chi connectivity index (χ2v) is 6.81. The minimum atomic E-state index is -4.40. The number of carbonyl (C=O) groups is 1. The molecule has 1 atom stereocenters. The van der Waals surface area contributed by atoms with Gasteiger partial charge in [0.1, 0.15) is 0 Å².